The number of amidine groups is 1. The second-order valence-electron chi connectivity index (χ2n) is 8.02. The van der Waals surface area contributed by atoms with Crippen molar-refractivity contribution >= 4 is 33.6 Å². The predicted molar refractivity (Wildman–Crippen MR) is 137 cm³/mol. The molecule has 2 aromatic heterocycles. The van der Waals surface area contributed by atoms with Crippen molar-refractivity contribution in [2.24, 2.45) is 4.99 Å². The molecule has 3 heterocycles. The molecule has 0 fully saturated rings. The van der Waals surface area contributed by atoms with Crippen LogP contribution in [0, 0.1) is 32.4 Å². The van der Waals surface area contributed by atoms with E-state index in [1.165, 1.54) is 42.5 Å². The Bertz CT molecular complexity index is 1170. The topological polar surface area (TPSA) is 66.0 Å². The molecule has 33 heavy (non-hydrogen) atoms. The van der Waals surface area contributed by atoms with Gasteiger partial charge in [0.1, 0.15) is 23.2 Å². The quantitative estimate of drug-likeness (QED) is 0.408. The van der Waals surface area contributed by atoms with E-state index in [1.54, 1.807) is 0 Å². The molecule has 0 bridgehead atoms. The van der Waals surface area contributed by atoms with Crippen molar-refractivity contribution in [3.05, 3.63) is 58.5 Å². The molecule has 5 nitrogen and oxygen atoms in total. The summed E-state index contributed by atoms with van der Waals surface area (Å²) in [5.74, 6) is 5.42. The number of aliphatic imine (C=N–C) groups is 1. The van der Waals surface area contributed by atoms with Crippen molar-refractivity contribution in [2.75, 3.05) is 16.8 Å². The van der Waals surface area contributed by atoms with Crippen molar-refractivity contribution in [1.82, 2.24) is 15.2 Å². The molecule has 4 rings (SSSR count). The van der Waals surface area contributed by atoms with Crippen LogP contribution in [0.2, 0.25) is 0 Å². The number of H-pyrrole nitrogens is 1. The Morgan fingerprint density at radius 3 is 2.27 bits per heavy atom. The molecule has 176 valence electrons. The fourth-order valence-electron chi connectivity index (χ4n) is 3.70. The van der Waals surface area contributed by atoms with Crippen LogP contribution in [0.1, 0.15) is 49.3 Å². The van der Waals surface area contributed by atoms with Gasteiger partial charge in [-0.25, -0.2) is 13.8 Å². The summed E-state index contributed by atoms with van der Waals surface area (Å²) in [6, 6.07) is 5.60. The molecular weight excluding hydrogens is 440 g/mol. The van der Waals surface area contributed by atoms with Gasteiger partial charge >= 0.3 is 0 Å². The fraction of sp³-hybridized carbons (Fsp3) is 0.360. The van der Waals surface area contributed by atoms with Gasteiger partial charge in [-0.3, -0.25) is 10.1 Å². The van der Waals surface area contributed by atoms with E-state index in [0.29, 0.717) is 33.2 Å². The standard InChI is InChI=1S/C18H15F2N5.C7H16S/c1-8-7-11-15(9(2)21-8)22-18(14-12(19)5-4-6-13(14)20)23-16-10(3)24-25-17(11)16;1-4-6-8(3)7-5-2/h4-7H,1-3H3,(H,22,23)(H,24,25);3-7H2,1-2H3. The molecule has 0 saturated carbocycles. The van der Waals surface area contributed by atoms with Gasteiger partial charge in [0.25, 0.3) is 0 Å². The third kappa shape index (κ3) is 5.55. The molecule has 0 radical (unpaired) electrons. The highest BCUT2D eigenvalue weighted by Crippen LogP contribution is 2.40. The van der Waals surface area contributed by atoms with E-state index in [2.05, 4.69) is 45.2 Å². The van der Waals surface area contributed by atoms with Gasteiger partial charge in [-0.1, -0.05) is 25.8 Å². The van der Waals surface area contributed by atoms with Crippen molar-refractivity contribution < 1.29 is 8.78 Å². The van der Waals surface area contributed by atoms with E-state index in [1.807, 2.05) is 26.8 Å². The molecule has 3 aromatic rings. The summed E-state index contributed by atoms with van der Waals surface area (Å²) in [6.07, 6.45) is 2.60. The molecule has 0 amide bonds. The zero-order valence-corrected chi connectivity index (χ0v) is 20.7. The van der Waals surface area contributed by atoms with E-state index in [0.717, 1.165) is 17.0 Å². The number of hydrogen-bond acceptors (Lipinski definition) is 4. The molecule has 1 aromatic carbocycles. The summed E-state index contributed by atoms with van der Waals surface area (Å²) >= 11 is 0. The van der Waals surface area contributed by atoms with Gasteiger partial charge in [0.05, 0.1) is 28.3 Å². The molecule has 0 saturated heterocycles. The Kier molecular flexibility index (Phi) is 8.13. The van der Waals surface area contributed by atoms with Crippen LogP contribution in [-0.2, 0) is 0 Å². The Balaban J connectivity index is 0.000000331. The number of hydrogen-bond donors (Lipinski definition) is 2. The lowest BCUT2D eigenvalue weighted by Crippen LogP contribution is -2.17. The highest BCUT2D eigenvalue weighted by molar-refractivity contribution is 8.14. The normalized spacial score (nSPS) is 12.2. The Morgan fingerprint density at radius 2 is 1.67 bits per heavy atom. The fourth-order valence-corrected chi connectivity index (χ4v) is 5.06. The molecule has 0 unspecified atom stereocenters. The molecule has 0 spiro atoms. The lowest BCUT2D eigenvalue weighted by molar-refractivity contribution is 0.579. The summed E-state index contributed by atoms with van der Waals surface area (Å²) in [5.41, 5.74) is 4.63. The van der Waals surface area contributed by atoms with Crippen LogP contribution in [0.25, 0.3) is 11.3 Å². The SMILES string of the molecule is C=S(CCC)CCC.Cc1cc2c(c(C)n1)N=C(c1c(F)cccc1F)Nc1c-2n[nH]c1C. The van der Waals surface area contributed by atoms with E-state index in [4.69, 9.17) is 0 Å². The molecule has 0 aliphatic carbocycles. The molecule has 0 atom stereocenters. The second-order valence-corrected chi connectivity index (χ2v) is 10.1. The zero-order chi connectivity index (χ0) is 24.1. The average Bonchev–Trinajstić information content (AvgIpc) is 3.01. The molecular formula is C25H31F2N5S. The number of fused-ring (bicyclic) bond motifs is 3. The number of benzene rings is 1. The van der Waals surface area contributed by atoms with E-state index >= 15 is 0 Å². The number of anilines is 1. The smallest absolute Gasteiger partial charge is 0.144 e. The average molecular weight is 472 g/mol. The summed E-state index contributed by atoms with van der Waals surface area (Å²) in [5, 5.41) is 10.3. The number of nitrogens with zero attached hydrogens (tertiary/aromatic N) is 3. The largest absolute Gasteiger partial charge is 0.336 e. The van der Waals surface area contributed by atoms with Crippen molar-refractivity contribution in [3.63, 3.8) is 0 Å². The van der Waals surface area contributed by atoms with Crippen LogP contribution in [0.15, 0.2) is 29.3 Å². The molecule has 1 aliphatic heterocycles. The van der Waals surface area contributed by atoms with Crippen LogP contribution in [-0.4, -0.2) is 38.4 Å². The van der Waals surface area contributed by atoms with Gasteiger partial charge in [-0.05, 0) is 63.3 Å². The molecule has 1 aliphatic rings. The third-order valence-electron chi connectivity index (χ3n) is 5.15. The Hall–Kier alpha value is -2.87. The number of pyridine rings is 1. The number of halogens is 2. The lowest BCUT2D eigenvalue weighted by atomic mass is 10.1. The first kappa shape index (κ1) is 24.8. The van der Waals surface area contributed by atoms with Gasteiger partial charge in [-0.2, -0.15) is 15.6 Å². The first-order valence-corrected chi connectivity index (χ1v) is 12.8. The van der Waals surface area contributed by atoms with E-state index in [-0.39, 0.29) is 11.4 Å². The van der Waals surface area contributed by atoms with Crippen LogP contribution >= 0.6 is 10.5 Å². The highest BCUT2D eigenvalue weighted by Gasteiger charge is 2.26. The van der Waals surface area contributed by atoms with Gasteiger partial charge in [0.2, 0.25) is 0 Å². The maximum absolute atomic E-state index is 14.3. The van der Waals surface area contributed by atoms with Crippen molar-refractivity contribution in [1.29, 1.82) is 0 Å². The van der Waals surface area contributed by atoms with E-state index in [9.17, 15) is 8.78 Å². The maximum atomic E-state index is 14.3. The summed E-state index contributed by atoms with van der Waals surface area (Å²) < 4.78 is 28.6. The number of rotatable bonds is 5. The third-order valence-corrected chi connectivity index (χ3v) is 7.12. The number of aryl methyl sites for hydroxylation is 3. The number of aromatic nitrogens is 3. The maximum Gasteiger partial charge on any atom is 0.144 e. The summed E-state index contributed by atoms with van der Waals surface area (Å²) in [7, 11) is 0.480. The predicted octanol–water partition coefficient (Wildman–Crippen LogP) is 6.69. The number of nitrogens with one attached hydrogen (secondary N) is 2. The summed E-state index contributed by atoms with van der Waals surface area (Å²) in [4.78, 5) is 8.93. The molecule has 8 heteroatoms. The van der Waals surface area contributed by atoms with Crippen molar-refractivity contribution in [3.8, 4) is 11.3 Å². The minimum absolute atomic E-state index is 0.0915. The minimum Gasteiger partial charge on any atom is -0.336 e. The minimum atomic E-state index is -0.685. The zero-order valence-electron chi connectivity index (χ0n) is 19.9. The monoisotopic (exact) mass is 471 g/mol. The first-order chi connectivity index (χ1) is 15.8. The van der Waals surface area contributed by atoms with Crippen LogP contribution < -0.4 is 5.32 Å². The Labute approximate surface area is 196 Å². The van der Waals surface area contributed by atoms with Gasteiger partial charge < -0.3 is 5.32 Å². The van der Waals surface area contributed by atoms with Gasteiger partial charge in [0.15, 0.2) is 0 Å². The molecule has 2 N–H and O–H groups in total. The van der Waals surface area contributed by atoms with Gasteiger partial charge in [0, 0.05) is 11.3 Å². The summed E-state index contributed by atoms with van der Waals surface area (Å²) in [6.45, 7) is 9.98. The Morgan fingerprint density at radius 1 is 1.03 bits per heavy atom. The van der Waals surface area contributed by atoms with Crippen LogP contribution in [0.3, 0.4) is 0 Å². The van der Waals surface area contributed by atoms with E-state index < -0.39 is 11.6 Å². The van der Waals surface area contributed by atoms with Crippen molar-refractivity contribution in [2.45, 2.75) is 47.5 Å². The van der Waals surface area contributed by atoms with Crippen LogP contribution in [0.4, 0.5) is 20.2 Å². The number of aromatic amines is 1. The first-order valence-electron chi connectivity index (χ1n) is 11.1. The highest BCUT2D eigenvalue weighted by atomic mass is 32.2. The van der Waals surface area contributed by atoms with Gasteiger partial charge in [-0.15, -0.1) is 0 Å². The lowest BCUT2D eigenvalue weighted by Gasteiger charge is -2.10. The van der Waals surface area contributed by atoms with Crippen LogP contribution in [0.5, 0.6) is 0 Å². The second kappa shape index (κ2) is 10.8.